The van der Waals surface area contributed by atoms with Crippen LogP contribution in [-0.2, 0) is 4.74 Å². The van der Waals surface area contributed by atoms with Gasteiger partial charge in [-0.25, -0.2) is 4.98 Å². The Hall–Kier alpha value is -3.62. The number of carbonyl (C=O) groups is 1. The van der Waals surface area contributed by atoms with E-state index in [1.165, 1.54) is 0 Å². The molecule has 0 aliphatic carbocycles. The zero-order valence-electron chi connectivity index (χ0n) is 20.5. The van der Waals surface area contributed by atoms with Crippen molar-refractivity contribution < 1.29 is 19.0 Å². The van der Waals surface area contributed by atoms with Gasteiger partial charge in [-0.15, -0.1) is 11.3 Å². The molecule has 1 saturated heterocycles. The molecular formula is C28H29N3O4S. The Morgan fingerprint density at radius 1 is 1.03 bits per heavy atom. The van der Waals surface area contributed by atoms with E-state index in [1.54, 1.807) is 11.3 Å². The second-order valence-corrected chi connectivity index (χ2v) is 9.23. The van der Waals surface area contributed by atoms with Gasteiger partial charge in [0.1, 0.15) is 11.5 Å². The minimum Gasteiger partial charge on any atom is -0.492 e. The number of aromatic nitrogens is 1. The molecule has 1 aliphatic heterocycles. The number of pyridine rings is 1. The van der Waals surface area contributed by atoms with Crippen LogP contribution >= 0.6 is 11.3 Å². The number of para-hydroxylation sites is 1. The van der Waals surface area contributed by atoms with Gasteiger partial charge in [0.25, 0.3) is 5.91 Å². The van der Waals surface area contributed by atoms with Crippen LogP contribution in [0.15, 0.2) is 60.0 Å². The number of thiophene rings is 1. The fourth-order valence-electron chi connectivity index (χ4n) is 4.35. The minimum atomic E-state index is -0.228. The molecule has 186 valence electrons. The molecule has 7 nitrogen and oxygen atoms in total. The van der Waals surface area contributed by atoms with E-state index in [2.05, 4.69) is 10.2 Å². The molecule has 1 N–H and O–H groups in total. The van der Waals surface area contributed by atoms with Gasteiger partial charge in [0, 0.05) is 30.6 Å². The van der Waals surface area contributed by atoms with E-state index in [-0.39, 0.29) is 5.91 Å². The van der Waals surface area contributed by atoms with Gasteiger partial charge in [0.15, 0.2) is 0 Å². The second-order valence-electron chi connectivity index (χ2n) is 8.29. The summed E-state index contributed by atoms with van der Waals surface area (Å²) in [5, 5.41) is 5.89. The number of amides is 1. The normalized spacial score (nSPS) is 13.6. The van der Waals surface area contributed by atoms with E-state index in [1.807, 2.05) is 73.8 Å². The number of anilines is 2. The zero-order chi connectivity index (χ0) is 24.9. The molecule has 3 heterocycles. The Morgan fingerprint density at radius 2 is 1.81 bits per heavy atom. The van der Waals surface area contributed by atoms with Crippen LogP contribution in [0.3, 0.4) is 0 Å². The summed E-state index contributed by atoms with van der Waals surface area (Å²) in [5.41, 5.74) is 3.62. The fraction of sp³-hybridized carbons (Fsp3) is 0.286. The lowest BCUT2D eigenvalue weighted by molar-refractivity contribution is 0.102. The predicted octanol–water partition coefficient (Wildman–Crippen LogP) is 5.85. The maximum atomic E-state index is 13.7. The van der Waals surface area contributed by atoms with Crippen molar-refractivity contribution in [2.24, 2.45) is 0 Å². The Balaban J connectivity index is 1.55. The number of nitrogens with zero attached hydrogens (tertiary/aromatic N) is 2. The maximum Gasteiger partial charge on any atom is 0.256 e. The standard InChI is InChI=1S/C28H29N3O4S/c1-3-34-25-18-24(31-11-13-33-14-12-31)26(35-4-2)17-22(25)30-28(32)20-16-23(27-10-7-15-36-27)29-21-9-6-5-8-19(20)21/h5-10,15-18H,3-4,11-14H2,1-2H3,(H,30,32). The number of nitrogens with one attached hydrogen (secondary N) is 1. The van der Waals surface area contributed by atoms with Gasteiger partial charge in [-0.05, 0) is 37.4 Å². The Kier molecular flexibility index (Phi) is 7.34. The third kappa shape index (κ3) is 5.01. The molecule has 0 atom stereocenters. The average molecular weight is 504 g/mol. The molecule has 1 fully saturated rings. The van der Waals surface area contributed by atoms with Crippen LogP contribution in [0.5, 0.6) is 11.5 Å². The quantitative estimate of drug-likeness (QED) is 0.325. The van der Waals surface area contributed by atoms with Crippen molar-refractivity contribution in [3.05, 3.63) is 65.5 Å². The minimum absolute atomic E-state index is 0.228. The highest BCUT2D eigenvalue weighted by Gasteiger charge is 2.22. The lowest BCUT2D eigenvalue weighted by Gasteiger charge is -2.31. The third-order valence-electron chi connectivity index (χ3n) is 6.00. The smallest absolute Gasteiger partial charge is 0.256 e. The van der Waals surface area contributed by atoms with Crippen LogP contribution in [0, 0.1) is 0 Å². The number of ether oxygens (including phenoxy) is 3. The maximum absolute atomic E-state index is 13.7. The SMILES string of the molecule is CCOc1cc(N2CCOCC2)c(OCC)cc1NC(=O)c1cc(-c2cccs2)nc2ccccc12. The van der Waals surface area contributed by atoms with E-state index in [0.29, 0.717) is 49.2 Å². The van der Waals surface area contributed by atoms with Gasteiger partial charge in [0.2, 0.25) is 0 Å². The van der Waals surface area contributed by atoms with Gasteiger partial charge in [-0.1, -0.05) is 24.3 Å². The summed E-state index contributed by atoms with van der Waals surface area (Å²) in [6, 6.07) is 17.4. The molecule has 8 heteroatoms. The van der Waals surface area contributed by atoms with Crippen molar-refractivity contribution >= 4 is 39.5 Å². The summed E-state index contributed by atoms with van der Waals surface area (Å²) in [5.74, 6) is 1.08. The Labute approximate surface area is 214 Å². The molecular weight excluding hydrogens is 474 g/mol. The molecule has 1 aliphatic rings. The monoisotopic (exact) mass is 503 g/mol. The van der Waals surface area contributed by atoms with Gasteiger partial charge in [0.05, 0.1) is 59.5 Å². The molecule has 0 bridgehead atoms. The predicted molar refractivity (Wildman–Crippen MR) is 145 cm³/mol. The molecule has 2 aromatic heterocycles. The first-order valence-electron chi connectivity index (χ1n) is 12.2. The topological polar surface area (TPSA) is 72.9 Å². The van der Waals surface area contributed by atoms with Gasteiger partial charge in [-0.3, -0.25) is 4.79 Å². The lowest BCUT2D eigenvalue weighted by atomic mass is 10.1. The highest BCUT2D eigenvalue weighted by atomic mass is 32.1. The van der Waals surface area contributed by atoms with E-state index in [0.717, 1.165) is 40.3 Å². The number of morpholine rings is 1. The molecule has 4 aromatic rings. The van der Waals surface area contributed by atoms with Crippen molar-refractivity contribution in [3.63, 3.8) is 0 Å². The number of hydrogen-bond donors (Lipinski definition) is 1. The van der Waals surface area contributed by atoms with Crippen molar-refractivity contribution in [2.45, 2.75) is 13.8 Å². The van der Waals surface area contributed by atoms with Crippen molar-refractivity contribution in [1.29, 1.82) is 0 Å². The summed E-state index contributed by atoms with van der Waals surface area (Å²) in [4.78, 5) is 21.7. The van der Waals surface area contributed by atoms with Crippen LogP contribution in [0.1, 0.15) is 24.2 Å². The summed E-state index contributed by atoms with van der Waals surface area (Å²) in [7, 11) is 0. The number of carbonyl (C=O) groups excluding carboxylic acids is 1. The number of hydrogen-bond acceptors (Lipinski definition) is 7. The molecule has 5 rings (SSSR count). The fourth-order valence-corrected chi connectivity index (χ4v) is 5.03. The van der Waals surface area contributed by atoms with Crippen LogP contribution in [-0.4, -0.2) is 50.4 Å². The molecule has 1 amide bonds. The second kappa shape index (κ2) is 11.0. The van der Waals surface area contributed by atoms with Crippen LogP contribution in [0.2, 0.25) is 0 Å². The summed E-state index contributed by atoms with van der Waals surface area (Å²) < 4.78 is 17.5. The number of fused-ring (bicyclic) bond motifs is 1. The molecule has 2 aromatic carbocycles. The van der Waals surface area contributed by atoms with E-state index >= 15 is 0 Å². The third-order valence-corrected chi connectivity index (χ3v) is 6.89. The van der Waals surface area contributed by atoms with Crippen LogP contribution in [0.25, 0.3) is 21.5 Å². The van der Waals surface area contributed by atoms with Gasteiger partial charge < -0.3 is 24.4 Å². The van der Waals surface area contributed by atoms with E-state index < -0.39 is 0 Å². The number of benzene rings is 2. The van der Waals surface area contributed by atoms with Crippen molar-refractivity contribution in [2.75, 3.05) is 49.7 Å². The summed E-state index contributed by atoms with van der Waals surface area (Å²) >= 11 is 1.60. The van der Waals surface area contributed by atoms with E-state index in [4.69, 9.17) is 19.2 Å². The first-order chi connectivity index (χ1) is 17.7. The summed E-state index contributed by atoms with van der Waals surface area (Å²) in [6.45, 7) is 7.73. The molecule has 36 heavy (non-hydrogen) atoms. The molecule has 0 spiro atoms. The first kappa shape index (κ1) is 24.1. The first-order valence-corrected chi connectivity index (χ1v) is 13.1. The summed E-state index contributed by atoms with van der Waals surface area (Å²) in [6.07, 6.45) is 0. The van der Waals surface area contributed by atoms with Gasteiger partial charge in [-0.2, -0.15) is 0 Å². The zero-order valence-corrected chi connectivity index (χ0v) is 21.3. The highest BCUT2D eigenvalue weighted by Crippen LogP contribution is 2.40. The van der Waals surface area contributed by atoms with Gasteiger partial charge >= 0.3 is 0 Å². The molecule has 0 radical (unpaired) electrons. The van der Waals surface area contributed by atoms with Crippen molar-refractivity contribution in [1.82, 2.24) is 4.98 Å². The van der Waals surface area contributed by atoms with Crippen molar-refractivity contribution in [3.8, 4) is 22.1 Å². The number of rotatable bonds is 8. The van der Waals surface area contributed by atoms with Crippen LogP contribution < -0.4 is 19.7 Å². The average Bonchev–Trinajstić information content (AvgIpc) is 3.45. The molecule has 0 saturated carbocycles. The Bertz CT molecular complexity index is 1350. The van der Waals surface area contributed by atoms with E-state index in [9.17, 15) is 4.79 Å². The Morgan fingerprint density at radius 3 is 2.56 bits per heavy atom. The lowest BCUT2D eigenvalue weighted by Crippen LogP contribution is -2.36. The largest absolute Gasteiger partial charge is 0.492 e. The highest BCUT2D eigenvalue weighted by molar-refractivity contribution is 7.13. The van der Waals surface area contributed by atoms with Crippen LogP contribution in [0.4, 0.5) is 11.4 Å². The molecule has 0 unspecified atom stereocenters.